The van der Waals surface area contributed by atoms with Crippen LogP contribution in [0.2, 0.25) is 5.02 Å². The molecule has 6 rings (SSSR count). The lowest BCUT2D eigenvalue weighted by Crippen LogP contribution is -2.51. The molecule has 0 spiro atoms. The number of aromatic amines is 1. The van der Waals surface area contributed by atoms with E-state index in [-0.39, 0.29) is 6.04 Å². The van der Waals surface area contributed by atoms with Gasteiger partial charge >= 0.3 is 0 Å². The highest BCUT2D eigenvalue weighted by Crippen LogP contribution is 2.31. The van der Waals surface area contributed by atoms with Crippen molar-refractivity contribution in [1.82, 2.24) is 34.5 Å². The van der Waals surface area contributed by atoms with Gasteiger partial charge in [0.1, 0.15) is 23.6 Å². The molecule has 1 N–H and O–H groups in total. The number of benzene rings is 1. The van der Waals surface area contributed by atoms with Crippen LogP contribution >= 0.6 is 23.4 Å². The number of H-pyrrole nitrogens is 1. The molecule has 0 unspecified atom stereocenters. The molecule has 1 saturated heterocycles. The molecule has 0 radical (unpaired) electrons. The van der Waals surface area contributed by atoms with Crippen molar-refractivity contribution in [2.24, 2.45) is 5.92 Å². The zero-order valence-electron chi connectivity index (χ0n) is 21.0. The summed E-state index contributed by atoms with van der Waals surface area (Å²) in [5, 5.41) is 7.33. The Morgan fingerprint density at radius 1 is 1.16 bits per heavy atom. The topological polar surface area (TPSA) is 91.1 Å². The van der Waals surface area contributed by atoms with Crippen LogP contribution in [0.15, 0.2) is 54.1 Å². The summed E-state index contributed by atoms with van der Waals surface area (Å²) in [5.74, 6) is 3.87. The van der Waals surface area contributed by atoms with Gasteiger partial charge in [0.2, 0.25) is 5.16 Å². The second-order valence-electron chi connectivity index (χ2n) is 9.60. The summed E-state index contributed by atoms with van der Waals surface area (Å²) in [5.41, 5.74) is 2.96. The van der Waals surface area contributed by atoms with E-state index in [1.165, 1.54) is 5.56 Å². The lowest BCUT2D eigenvalue weighted by atomic mass is 9.92. The standard InChI is InChI=1S/C26H28ClN9S/c1-16-9-11-35(13-21(16)34(3)24-20-8-10-28-23(20)29-15-30-24)22-12-17(2)31-25-32-26(33-36(22)25)37-14-18-4-6-19(27)7-5-18/h4-8,10,12,15-16,21H,9,11,13-14H2,1-3H3,(H,28,29,30)/t16-,21+/m1/s1. The van der Waals surface area contributed by atoms with Crippen LogP contribution in [0.3, 0.4) is 0 Å². The van der Waals surface area contributed by atoms with Gasteiger partial charge in [0.05, 0.1) is 11.4 Å². The molecular weight excluding hydrogens is 506 g/mol. The van der Waals surface area contributed by atoms with E-state index in [2.05, 4.69) is 49.8 Å². The predicted octanol–water partition coefficient (Wildman–Crippen LogP) is 5.00. The number of thioether (sulfide) groups is 1. The van der Waals surface area contributed by atoms with Gasteiger partial charge in [0, 0.05) is 48.9 Å². The Kier molecular flexibility index (Phi) is 6.37. The van der Waals surface area contributed by atoms with Crippen molar-refractivity contribution in [3.8, 4) is 0 Å². The molecule has 37 heavy (non-hydrogen) atoms. The van der Waals surface area contributed by atoms with Gasteiger partial charge in [0.25, 0.3) is 5.78 Å². The van der Waals surface area contributed by atoms with Gasteiger partial charge in [-0.25, -0.2) is 15.0 Å². The van der Waals surface area contributed by atoms with Gasteiger partial charge in [-0.3, -0.25) is 0 Å². The smallest absolute Gasteiger partial charge is 0.255 e. The Hall–Kier alpha value is -3.37. The fraction of sp³-hybridized carbons (Fsp3) is 0.346. The zero-order valence-corrected chi connectivity index (χ0v) is 22.5. The van der Waals surface area contributed by atoms with Crippen LogP contribution < -0.4 is 9.80 Å². The predicted molar refractivity (Wildman–Crippen MR) is 149 cm³/mol. The largest absolute Gasteiger partial charge is 0.354 e. The maximum Gasteiger partial charge on any atom is 0.255 e. The van der Waals surface area contributed by atoms with Crippen LogP contribution in [0.4, 0.5) is 11.6 Å². The summed E-state index contributed by atoms with van der Waals surface area (Å²) >= 11 is 7.63. The van der Waals surface area contributed by atoms with E-state index >= 15 is 0 Å². The van der Waals surface area contributed by atoms with Crippen molar-refractivity contribution in [2.75, 3.05) is 29.9 Å². The second-order valence-corrected chi connectivity index (χ2v) is 11.0. The van der Waals surface area contributed by atoms with Crippen LogP contribution in [0.25, 0.3) is 16.8 Å². The van der Waals surface area contributed by atoms with E-state index in [1.54, 1.807) is 18.1 Å². The van der Waals surface area contributed by atoms with Gasteiger partial charge < -0.3 is 14.8 Å². The van der Waals surface area contributed by atoms with E-state index in [4.69, 9.17) is 21.7 Å². The van der Waals surface area contributed by atoms with Crippen molar-refractivity contribution in [1.29, 1.82) is 0 Å². The van der Waals surface area contributed by atoms with Crippen LogP contribution in [-0.4, -0.2) is 60.7 Å². The van der Waals surface area contributed by atoms with E-state index < -0.39 is 0 Å². The Bertz CT molecular complexity index is 1550. The molecule has 0 aliphatic carbocycles. The van der Waals surface area contributed by atoms with Crippen LogP contribution in [0.1, 0.15) is 24.6 Å². The molecule has 11 heteroatoms. The minimum atomic E-state index is 0.271. The zero-order chi connectivity index (χ0) is 25.5. The molecular formula is C26H28ClN9S. The van der Waals surface area contributed by atoms with Gasteiger partial charge in [-0.1, -0.05) is 42.4 Å². The number of nitrogens with one attached hydrogen (secondary N) is 1. The van der Waals surface area contributed by atoms with Crippen molar-refractivity contribution in [3.63, 3.8) is 0 Å². The highest BCUT2D eigenvalue weighted by molar-refractivity contribution is 7.98. The van der Waals surface area contributed by atoms with Crippen molar-refractivity contribution in [2.45, 2.75) is 37.2 Å². The fourth-order valence-corrected chi connectivity index (χ4v) is 5.92. The minimum Gasteiger partial charge on any atom is -0.354 e. The monoisotopic (exact) mass is 533 g/mol. The molecule has 1 aromatic carbocycles. The molecule has 0 saturated carbocycles. The van der Waals surface area contributed by atoms with Gasteiger partial charge in [-0.15, -0.1) is 5.10 Å². The normalized spacial score (nSPS) is 18.1. The Morgan fingerprint density at radius 3 is 2.84 bits per heavy atom. The molecule has 1 fully saturated rings. The summed E-state index contributed by atoms with van der Waals surface area (Å²) in [6.45, 7) is 6.13. The first-order valence-corrected chi connectivity index (χ1v) is 13.7. The summed E-state index contributed by atoms with van der Waals surface area (Å²) in [7, 11) is 2.13. The number of aryl methyl sites for hydroxylation is 1. The molecule has 0 amide bonds. The quantitative estimate of drug-likeness (QED) is 0.305. The van der Waals surface area contributed by atoms with Crippen LogP contribution in [0.5, 0.6) is 0 Å². The first-order chi connectivity index (χ1) is 18.0. The van der Waals surface area contributed by atoms with E-state index in [9.17, 15) is 0 Å². The number of aromatic nitrogens is 7. The van der Waals surface area contributed by atoms with Crippen molar-refractivity contribution < 1.29 is 0 Å². The maximum atomic E-state index is 6.02. The first-order valence-electron chi connectivity index (χ1n) is 12.3. The number of hydrogen-bond acceptors (Lipinski definition) is 8. The number of rotatable bonds is 6. The summed E-state index contributed by atoms with van der Waals surface area (Å²) in [6, 6.07) is 12.3. The minimum absolute atomic E-state index is 0.271. The molecule has 1 aliphatic rings. The molecule has 2 atom stereocenters. The summed E-state index contributed by atoms with van der Waals surface area (Å²) < 4.78 is 1.89. The summed E-state index contributed by atoms with van der Waals surface area (Å²) in [6.07, 6.45) is 4.60. The third kappa shape index (κ3) is 4.71. The first kappa shape index (κ1) is 24.0. The SMILES string of the molecule is Cc1cc(N2CC[C@@H](C)[C@@H](N(C)c3ncnc4[nH]ccc34)C2)n2nc(SCc3ccc(Cl)cc3)nc2n1. The van der Waals surface area contributed by atoms with E-state index in [1.807, 2.05) is 48.0 Å². The molecule has 190 valence electrons. The molecule has 1 aliphatic heterocycles. The van der Waals surface area contributed by atoms with Crippen LogP contribution in [0, 0.1) is 12.8 Å². The molecule has 0 bridgehead atoms. The van der Waals surface area contributed by atoms with Crippen molar-refractivity contribution >= 4 is 51.8 Å². The number of anilines is 2. The highest BCUT2D eigenvalue weighted by atomic mass is 35.5. The van der Waals surface area contributed by atoms with Crippen molar-refractivity contribution in [3.05, 3.63) is 65.2 Å². The Balaban J connectivity index is 1.27. The van der Waals surface area contributed by atoms with Gasteiger partial charge in [-0.2, -0.15) is 9.50 Å². The average Bonchev–Trinajstić information content (AvgIpc) is 3.54. The van der Waals surface area contributed by atoms with E-state index in [0.717, 1.165) is 58.6 Å². The number of nitrogens with zero attached hydrogens (tertiary/aromatic N) is 8. The molecule has 9 nitrogen and oxygen atoms in total. The fourth-order valence-electron chi connectivity index (χ4n) is 5.02. The third-order valence-corrected chi connectivity index (χ3v) is 8.25. The summed E-state index contributed by atoms with van der Waals surface area (Å²) in [4.78, 5) is 26.3. The number of fused-ring (bicyclic) bond motifs is 2. The Morgan fingerprint density at radius 2 is 2.00 bits per heavy atom. The second kappa shape index (κ2) is 9.83. The lowest BCUT2D eigenvalue weighted by Gasteiger charge is -2.43. The molecule has 5 aromatic rings. The highest BCUT2D eigenvalue weighted by Gasteiger charge is 2.32. The molecule has 4 aromatic heterocycles. The van der Waals surface area contributed by atoms with Gasteiger partial charge in [0.15, 0.2) is 0 Å². The third-order valence-electron chi connectivity index (χ3n) is 7.09. The number of hydrogen-bond donors (Lipinski definition) is 1. The number of halogens is 1. The van der Waals surface area contributed by atoms with Gasteiger partial charge in [-0.05, 0) is 43.0 Å². The number of piperidine rings is 1. The Labute approximate surface area is 224 Å². The average molecular weight is 534 g/mol. The van der Waals surface area contributed by atoms with E-state index in [0.29, 0.717) is 16.9 Å². The van der Waals surface area contributed by atoms with Crippen LogP contribution in [-0.2, 0) is 5.75 Å². The number of likely N-dealkylation sites (N-methyl/N-ethyl adjacent to an activating group) is 1. The lowest BCUT2D eigenvalue weighted by molar-refractivity contribution is 0.365. The molecule has 5 heterocycles. The maximum absolute atomic E-state index is 6.02.